The van der Waals surface area contributed by atoms with Crippen LogP contribution in [0.1, 0.15) is 35.3 Å². The summed E-state index contributed by atoms with van der Waals surface area (Å²) >= 11 is 1.62. The summed E-state index contributed by atoms with van der Waals surface area (Å²) in [4.78, 5) is 19.5. The molecule has 0 N–H and O–H groups in total. The minimum Gasteiger partial charge on any atom is -0.348 e. The highest BCUT2D eigenvalue weighted by molar-refractivity contribution is 7.13. The van der Waals surface area contributed by atoms with Crippen LogP contribution in [0.25, 0.3) is 10.6 Å². The van der Waals surface area contributed by atoms with Crippen molar-refractivity contribution in [2.75, 3.05) is 19.8 Å². The lowest BCUT2D eigenvalue weighted by molar-refractivity contribution is -0.100. The van der Waals surface area contributed by atoms with Crippen molar-refractivity contribution in [1.29, 1.82) is 0 Å². The van der Waals surface area contributed by atoms with Gasteiger partial charge in [-0.2, -0.15) is 0 Å². The van der Waals surface area contributed by atoms with E-state index in [-0.39, 0.29) is 18.2 Å². The van der Waals surface area contributed by atoms with Gasteiger partial charge in [0.1, 0.15) is 5.01 Å². The normalized spacial score (nSPS) is 21.6. The molecule has 2 aromatic rings. The lowest BCUT2D eigenvalue weighted by atomic mass is 10.00. The number of piperidine rings is 1. The number of amides is 1. The van der Waals surface area contributed by atoms with Gasteiger partial charge in [-0.1, -0.05) is 12.1 Å². The van der Waals surface area contributed by atoms with Crippen LogP contribution in [0.4, 0.5) is 0 Å². The Hall–Kier alpha value is -1.76. The van der Waals surface area contributed by atoms with E-state index in [4.69, 9.17) is 9.47 Å². The average Bonchev–Trinajstić information content (AvgIpc) is 3.33. The summed E-state index contributed by atoms with van der Waals surface area (Å²) in [5.41, 5.74) is 2.78. The molecule has 6 heteroatoms. The zero-order chi connectivity index (χ0) is 17.2. The Balaban J connectivity index is 1.52. The van der Waals surface area contributed by atoms with E-state index in [9.17, 15) is 4.79 Å². The molecular formula is C19H22N2O3S. The maximum absolute atomic E-state index is 13.0. The quantitative estimate of drug-likeness (QED) is 0.843. The van der Waals surface area contributed by atoms with E-state index in [1.165, 1.54) is 0 Å². The number of nitrogens with zero attached hydrogens (tertiary/aromatic N) is 2. The van der Waals surface area contributed by atoms with Gasteiger partial charge in [-0.3, -0.25) is 4.79 Å². The van der Waals surface area contributed by atoms with E-state index in [0.29, 0.717) is 18.8 Å². The molecule has 1 unspecified atom stereocenters. The zero-order valence-corrected chi connectivity index (χ0v) is 15.1. The highest BCUT2D eigenvalue weighted by Crippen LogP contribution is 2.27. The maximum Gasteiger partial charge on any atom is 0.254 e. The summed E-state index contributed by atoms with van der Waals surface area (Å²) in [6.07, 6.45) is 2.81. The van der Waals surface area contributed by atoms with Gasteiger partial charge in [0.05, 0.1) is 19.3 Å². The lowest BCUT2D eigenvalue weighted by Gasteiger charge is -2.38. The SMILES string of the molecule is Cc1csc(-c2ccc(C(=O)N3CCCCC3C3OCCO3)cc2)n1. The third-order valence-corrected chi connectivity index (χ3v) is 5.78. The highest BCUT2D eigenvalue weighted by atomic mass is 32.1. The summed E-state index contributed by atoms with van der Waals surface area (Å²) in [5, 5.41) is 3.02. The fourth-order valence-electron chi connectivity index (χ4n) is 3.50. The Morgan fingerprint density at radius 3 is 2.64 bits per heavy atom. The molecule has 132 valence electrons. The van der Waals surface area contributed by atoms with Gasteiger partial charge in [-0.25, -0.2) is 4.98 Å². The van der Waals surface area contributed by atoms with Crippen LogP contribution in [-0.4, -0.2) is 47.9 Å². The molecule has 5 nitrogen and oxygen atoms in total. The number of aromatic nitrogens is 1. The Labute approximate surface area is 151 Å². The minimum absolute atomic E-state index is 0.0186. The second kappa shape index (κ2) is 7.23. The minimum atomic E-state index is -0.276. The molecule has 0 bridgehead atoms. The molecule has 0 saturated carbocycles. The van der Waals surface area contributed by atoms with Crippen molar-refractivity contribution in [3.8, 4) is 10.6 Å². The van der Waals surface area contributed by atoms with Gasteiger partial charge in [0.2, 0.25) is 0 Å². The second-order valence-corrected chi connectivity index (χ2v) is 7.40. The van der Waals surface area contributed by atoms with Gasteiger partial charge in [-0.15, -0.1) is 11.3 Å². The van der Waals surface area contributed by atoms with Gasteiger partial charge < -0.3 is 14.4 Å². The first-order valence-corrected chi connectivity index (χ1v) is 9.67. The zero-order valence-electron chi connectivity index (χ0n) is 14.3. The van der Waals surface area contributed by atoms with Crippen molar-refractivity contribution in [1.82, 2.24) is 9.88 Å². The van der Waals surface area contributed by atoms with Crippen LogP contribution in [-0.2, 0) is 9.47 Å². The topological polar surface area (TPSA) is 51.7 Å². The number of hydrogen-bond donors (Lipinski definition) is 0. The maximum atomic E-state index is 13.0. The molecule has 0 aliphatic carbocycles. The predicted octanol–water partition coefficient (Wildman–Crippen LogP) is 3.49. The van der Waals surface area contributed by atoms with Crippen molar-refractivity contribution in [2.45, 2.75) is 38.5 Å². The van der Waals surface area contributed by atoms with Gasteiger partial charge in [0, 0.05) is 28.7 Å². The molecule has 1 aromatic heterocycles. The molecule has 2 aliphatic rings. The average molecular weight is 358 g/mol. The molecule has 3 heterocycles. The Morgan fingerprint density at radius 1 is 1.20 bits per heavy atom. The van der Waals surface area contributed by atoms with Crippen LogP contribution in [0.15, 0.2) is 29.6 Å². The Kier molecular flexibility index (Phi) is 4.83. The fraction of sp³-hybridized carbons (Fsp3) is 0.474. The number of aryl methyl sites for hydroxylation is 1. The van der Waals surface area contributed by atoms with Crippen molar-refractivity contribution in [2.24, 2.45) is 0 Å². The third-order valence-electron chi connectivity index (χ3n) is 4.77. The van der Waals surface area contributed by atoms with E-state index in [2.05, 4.69) is 4.98 Å². The van der Waals surface area contributed by atoms with Crippen LogP contribution in [0.3, 0.4) is 0 Å². The number of likely N-dealkylation sites (tertiary alicyclic amines) is 1. The highest BCUT2D eigenvalue weighted by Gasteiger charge is 2.36. The van der Waals surface area contributed by atoms with Gasteiger partial charge in [0.25, 0.3) is 5.91 Å². The van der Waals surface area contributed by atoms with Crippen LogP contribution in [0, 0.1) is 6.92 Å². The number of hydrogen-bond acceptors (Lipinski definition) is 5. The second-order valence-electron chi connectivity index (χ2n) is 6.54. The van der Waals surface area contributed by atoms with Gasteiger partial charge in [-0.05, 0) is 38.3 Å². The number of rotatable bonds is 3. The van der Waals surface area contributed by atoms with Gasteiger partial charge in [0.15, 0.2) is 6.29 Å². The molecule has 2 fully saturated rings. The number of thiazole rings is 1. The molecule has 1 aromatic carbocycles. The summed E-state index contributed by atoms with van der Waals surface area (Å²) < 4.78 is 11.3. The molecule has 25 heavy (non-hydrogen) atoms. The summed E-state index contributed by atoms with van der Waals surface area (Å²) in [6, 6.07) is 7.78. The summed E-state index contributed by atoms with van der Waals surface area (Å²) in [5.74, 6) is 0.0608. The molecule has 4 rings (SSSR count). The number of carbonyl (C=O) groups is 1. The van der Waals surface area contributed by atoms with E-state index in [0.717, 1.165) is 42.1 Å². The molecule has 2 aliphatic heterocycles. The van der Waals surface area contributed by atoms with E-state index in [1.54, 1.807) is 11.3 Å². The fourth-order valence-corrected chi connectivity index (χ4v) is 4.30. The first-order valence-electron chi connectivity index (χ1n) is 8.79. The van der Waals surface area contributed by atoms with Crippen molar-refractivity contribution in [3.63, 3.8) is 0 Å². The van der Waals surface area contributed by atoms with Crippen LogP contribution >= 0.6 is 11.3 Å². The lowest BCUT2D eigenvalue weighted by Crippen LogP contribution is -2.50. The molecular weight excluding hydrogens is 336 g/mol. The van der Waals surface area contributed by atoms with E-state index < -0.39 is 0 Å². The van der Waals surface area contributed by atoms with Crippen molar-refractivity contribution in [3.05, 3.63) is 40.9 Å². The van der Waals surface area contributed by atoms with Crippen molar-refractivity contribution < 1.29 is 14.3 Å². The van der Waals surface area contributed by atoms with Crippen LogP contribution in [0.2, 0.25) is 0 Å². The molecule has 0 radical (unpaired) electrons. The first kappa shape index (κ1) is 16.7. The summed E-state index contributed by atoms with van der Waals surface area (Å²) in [7, 11) is 0. The smallest absolute Gasteiger partial charge is 0.254 e. The largest absolute Gasteiger partial charge is 0.348 e. The Morgan fingerprint density at radius 2 is 1.96 bits per heavy atom. The molecule has 2 saturated heterocycles. The number of benzene rings is 1. The predicted molar refractivity (Wildman–Crippen MR) is 96.7 cm³/mol. The van der Waals surface area contributed by atoms with E-state index in [1.807, 2.05) is 41.5 Å². The standard InChI is InChI=1S/C19H22N2O3S/c1-13-12-25-17(20-13)14-5-7-15(8-6-14)18(22)21-9-3-2-4-16(21)19-23-10-11-24-19/h5-8,12,16,19H,2-4,9-11H2,1H3. The van der Waals surface area contributed by atoms with Gasteiger partial charge >= 0.3 is 0 Å². The number of carbonyl (C=O) groups excluding carboxylic acids is 1. The molecule has 1 amide bonds. The van der Waals surface area contributed by atoms with Crippen LogP contribution < -0.4 is 0 Å². The number of ether oxygens (including phenoxy) is 2. The van der Waals surface area contributed by atoms with E-state index >= 15 is 0 Å². The first-order chi connectivity index (χ1) is 12.2. The Bertz CT molecular complexity index is 737. The monoisotopic (exact) mass is 358 g/mol. The third kappa shape index (κ3) is 3.47. The van der Waals surface area contributed by atoms with Crippen LogP contribution in [0.5, 0.6) is 0 Å². The molecule has 1 atom stereocenters. The molecule has 0 spiro atoms. The summed E-state index contributed by atoms with van der Waals surface area (Å²) in [6.45, 7) is 3.98. The van der Waals surface area contributed by atoms with Crippen molar-refractivity contribution >= 4 is 17.2 Å².